The number of rotatable bonds is 7. The van der Waals surface area contributed by atoms with Crippen LogP contribution < -0.4 is 19.5 Å². The molecule has 0 fully saturated rings. The fraction of sp³-hybridized carbons (Fsp3) is 0.158. The van der Waals surface area contributed by atoms with E-state index in [-0.39, 0.29) is 11.3 Å². The molecule has 0 bridgehead atoms. The van der Waals surface area contributed by atoms with Gasteiger partial charge in [-0.2, -0.15) is 0 Å². The first-order valence-corrected chi connectivity index (χ1v) is 7.61. The first kappa shape index (κ1) is 18.9. The Hall–Kier alpha value is -3.48. The van der Waals surface area contributed by atoms with Crippen LogP contribution >= 0.6 is 0 Å². The topological polar surface area (TPSA) is 94.1 Å². The highest BCUT2D eigenvalue weighted by molar-refractivity contribution is 6.03. The Bertz CT molecular complexity index is 804. The Morgan fingerprint density at radius 2 is 1.54 bits per heavy atom. The molecule has 2 aromatic carbocycles. The van der Waals surface area contributed by atoms with E-state index < -0.39 is 11.9 Å². The molecule has 2 N–H and O–H groups in total. The van der Waals surface area contributed by atoms with Gasteiger partial charge in [0.2, 0.25) is 5.75 Å². The van der Waals surface area contributed by atoms with Crippen molar-refractivity contribution in [1.29, 1.82) is 0 Å². The summed E-state index contributed by atoms with van der Waals surface area (Å²) in [4.78, 5) is 24.0. The van der Waals surface area contributed by atoms with Crippen molar-refractivity contribution in [2.45, 2.75) is 0 Å². The Labute approximate surface area is 150 Å². The van der Waals surface area contributed by atoms with Crippen LogP contribution in [0.3, 0.4) is 0 Å². The lowest BCUT2D eigenvalue weighted by Gasteiger charge is -2.14. The molecule has 0 aromatic heterocycles. The fourth-order valence-corrected chi connectivity index (χ4v) is 2.27. The minimum absolute atomic E-state index is 0.166. The summed E-state index contributed by atoms with van der Waals surface area (Å²) in [5, 5.41) is 11.8. The number of aliphatic carboxylic acids is 1. The van der Waals surface area contributed by atoms with Crippen molar-refractivity contribution < 1.29 is 28.9 Å². The van der Waals surface area contributed by atoms with Crippen LogP contribution in [0.15, 0.2) is 48.2 Å². The summed E-state index contributed by atoms with van der Waals surface area (Å²) in [6.45, 7) is 0. The van der Waals surface area contributed by atoms with Gasteiger partial charge >= 0.3 is 5.97 Å². The van der Waals surface area contributed by atoms with Gasteiger partial charge in [0.25, 0.3) is 5.91 Å². The van der Waals surface area contributed by atoms with Crippen molar-refractivity contribution in [2.75, 3.05) is 21.3 Å². The lowest BCUT2D eigenvalue weighted by atomic mass is 10.1. The van der Waals surface area contributed by atoms with Crippen LogP contribution in [0.1, 0.15) is 15.9 Å². The lowest BCUT2D eigenvalue weighted by Crippen LogP contribution is -2.27. The van der Waals surface area contributed by atoms with Crippen molar-refractivity contribution >= 4 is 18.0 Å². The molecule has 0 spiro atoms. The van der Waals surface area contributed by atoms with E-state index in [1.54, 1.807) is 24.3 Å². The zero-order chi connectivity index (χ0) is 19.1. The minimum Gasteiger partial charge on any atom is -0.493 e. The number of ether oxygens (including phenoxy) is 3. The van der Waals surface area contributed by atoms with Gasteiger partial charge in [0, 0.05) is 5.56 Å². The summed E-state index contributed by atoms with van der Waals surface area (Å²) >= 11 is 0. The molecule has 7 heteroatoms. The standard InChI is InChI=1S/C19H19NO6/c1-24-15-10-13(11-16(25-2)17(15)26-3)18(21)20-14(19(22)23)9-12-7-5-4-6-8-12/h4-11H,1-3H3,(H,20,21)(H,22,23)/b14-9-. The zero-order valence-corrected chi connectivity index (χ0v) is 14.6. The summed E-state index contributed by atoms with van der Waals surface area (Å²) in [7, 11) is 4.30. The molecule has 0 aliphatic rings. The number of carbonyl (C=O) groups excluding carboxylic acids is 1. The Morgan fingerprint density at radius 3 is 2.00 bits per heavy atom. The maximum Gasteiger partial charge on any atom is 0.352 e. The van der Waals surface area contributed by atoms with E-state index in [0.717, 1.165) is 0 Å². The molecule has 136 valence electrons. The Morgan fingerprint density at radius 1 is 0.962 bits per heavy atom. The number of hydrogen-bond donors (Lipinski definition) is 2. The zero-order valence-electron chi connectivity index (χ0n) is 14.6. The Balaban J connectivity index is 2.35. The molecule has 0 aliphatic heterocycles. The van der Waals surface area contributed by atoms with E-state index in [1.807, 2.05) is 6.07 Å². The second kappa shape index (κ2) is 8.57. The van der Waals surface area contributed by atoms with Gasteiger partial charge in [0.05, 0.1) is 21.3 Å². The van der Waals surface area contributed by atoms with Gasteiger partial charge < -0.3 is 24.6 Å². The largest absolute Gasteiger partial charge is 0.493 e. The molecule has 0 heterocycles. The van der Waals surface area contributed by atoms with Gasteiger partial charge in [-0.3, -0.25) is 4.79 Å². The number of amides is 1. The number of hydrogen-bond acceptors (Lipinski definition) is 5. The molecule has 2 rings (SSSR count). The molecule has 0 aliphatic carbocycles. The Kier molecular flexibility index (Phi) is 6.21. The maximum atomic E-state index is 12.5. The third kappa shape index (κ3) is 4.32. The molecule has 7 nitrogen and oxygen atoms in total. The van der Waals surface area contributed by atoms with Gasteiger partial charge in [-0.25, -0.2) is 4.79 Å². The van der Waals surface area contributed by atoms with Crippen LogP contribution in [0.5, 0.6) is 17.2 Å². The van der Waals surface area contributed by atoms with Crippen LogP contribution in [0.4, 0.5) is 0 Å². The maximum absolute atomic E-state index is 12.5. The molecule has 2 aromatic rings. The van der Waals surface area contributed by atoms with Crippen LogP contribution in [0.25, 0.3) is 6.08 Å². The van der Waals surface area contributed by atoms with E-state index in [4.69, 9.17) is 14.2 Å². The molecule has 0 radical (unpaired) electrons. The van der Waals surface area contributed by atoms with Crippen molar-refractivity contribution in [3.8, 4) is 17.2 Å². The summed E-state index contributed by atoms with van der Waals surface area (Å²) in [6.07, 6.45) is 1.37. The van der Waals surface area contributed by atoms with Crippen molar-refractivity contribution in [1.82, 2.24) is 5.32 Å². The van der Waals surface area contributed by atoms with Crippen molar-refractivity contribution in [3.63, 3.8) is 0 Å². The smallest absolute Gasteiger partial charge is 0.352 e. The molecule has 0 unspecified atom stereocenters. The molecule has 1 amide bonds. The summed E-state index contributed by atoms with van der Waals surface area (Å²) in [6, 6.07) is 11.7. The van der Waals surface area contributed by atoms with Crippen molar-refractivity contribution in [3.05, 3.63) is 59.3 Å². The van der Waals surface area contributed by atoms with Gasteiger partial charge in [-0.05, 0) is 23.8 Å². The van der Waals surface area contributed by atoms with E-state index in [2.05, 4.69) is 5.32 Å². The number of nitrogens with one attached hydrogen (secondary N) is 1. The number of carboxylic acid groups (broad SMARTS) is 1. The normalized spacial score (nSPS) is 10.8. The second-order valence-electron chi connectivity index (χ2n) is 5.14. The third-order valence-corrected chi connectivity index (χ3v) is 3.52. The van der Waals surface area contributed by atoms with Crippen LogP contribution in [0, 0.1) is 0 Å². The highest BCUT2D eigenvalue weighted by Gasteiger charge is 2.19. The quantitative estimate of drug-likeness (QED) is 0.740. The molecular weight excluding hydrogens is 338 g/mol. The van der Waals surface area contributed by atoms with Crippen LogP contribution in [-0.4, -0.2) is 38.3 Å². The number of carboxylic acids is 1. The van der Waals surface area contributed by atoms with Gasteiger partial charge in [-0.1, -0.05) is 30.3 Å². The van der Waals surface area contributed by atoms with Crippen molar-refractivity contribution in [2.24, 2.45) is 0 Å². The lowest BCUT2D eigenvalue weighted by molar-refractivity contribution is -0.132. The highest BCUT2D eigenvalue weighted by Crippen LogP contribution is 2.38. The van der Waals surface area contributed by atoms with E-state index in [9.17, 15) is 14.7 Å². The summed E-state index contributed by atoms with van der Waals surface area (Å²) in [5.41, 5.74) is 0.560. The molecule has 26 heavy (non-hydrogen) atoms. The van der Waals surface area contributed by atoms with Crippen LogP contribution in [0.2, 0.25) is 0 Å². The average molecular weight is 357 g/mol. The predicted octanol–water partition coefficient (Wildman–Crippen LogP) is 2.57. The molecular formula is C19H19NO6. The predicted molar refractivity (Wildman–Crippen MR) is 95.6 cm³/mol. The molecule has 0 saturated carbocycles. The molecule has 0 atom stereocenters. The highest BCUT2D eigenvalue weighted by atomic mass is 16.5. The van der Waals surface area contributed by atoms with E-state index in [0.29, 0.717) is 22.8 Å². The monoisotopic (exact) mass is 357 g/mol. The second-order valence-corrected chi connectivity index (χ2v) is 5.14. The number of benzene rings is 2. The van der Waals surface area contributed by atoms with Gasteiger partial charge in [0.15, 0.2) is 11.5 Å². The number of carbonyl (C=O) groups is 2. The van der Waals surface area contributed by atoms with Crippen LogP contribution in [-0.2, 0) is 4.79 Å². The average Bonchev–Trinajstić information content (AvgIpc) is 2.66. The SMILES string of the molecule is COc1cc(C(=O)N/C(=C\c2ccccc2)C(=O)O)cc(OC)c1OC. The fourth-order valence-electron chi connectivity index (χ4n) is 2.27. The van der Waals surface area contributed by atoms with E-state index in [1.165, 1.54) is 39.5 Å². The van der Waals surface area contributed by atoms with E-state index >= 15 is 0 Å². The molecule has 0 saturated heterocycles. The summed E-state index contributed by atoms with van der Waals surface area (Å²) < 4.78 is 15.6. The summed E-state index contributed by atoms with van der Waals surface area (Å²) in [5.74, 6) is -0.949. The first-order valence-electron chi connectivity index (χ1n) is 7.61. The first-order chi connectivity index (χ1) is 12.5. The minimum atomic E-state index is -1.25. The third-order valence-electron chi connectivity index (χ3n) is 3.52. The number of methoxy groups -OCH3 is 3. The van der Waals surface area contributed by atoms with Gasteiger partial charge in [0.1, 0.15) is 5.70 Å². The van der Waals surface area contributed by atoms with Gasteiger partial charge in [-0.15, -0.1) is 0 Å².